The molecule has 1 heterocycles. The van der Waals surface area contributed by atoms with Crippen molar-refractivity contribution >= 4 is 38.4 Å². The van der Waals surface area contributed by atoms with Crippen LogP contribution in [0.15, 0.2) is 27.6 Å². The molecule has 1 aromatic carbocycles. The SMILES string of the molecule is Cl.N[C@@H]1CCN(S(=O)(=O)c2ccc(F)cc2Br)C1. The maximum atomic E-state index is 12.9. The quantitative estimate of drug-likeness (QED) is 0.875. The van der Waals surface area contributed by atoms with Crippen LogP contribution in [0.5, 0.6) is 0 Å². The maximum absolute atomic E-state index is 12.9. The van der Waals surface area contributed by atoms with Crippen LogP contribution in [0.25, 0.3) is 0 Å². The van der Waals surface area contributed by atoms with Gasteiger partial charge in [0.15, 0.2) is 0 Å². The molecule has 0 saturated carbocycles. The molecule has 1 atom stereocenters. The molecule has 1 saturated heterocycles. The van der Waals surface area contributed by atoms with E-state index in [4.69, 9.17) is 5.73 Å². The van der Waals surface area contributed by atoms with E-state index in [2.05, 4.69) is 15.9 Å². The van der Waals surface area contributed by atoms with Gasteiger partial charge < -0.3 is 5.73 Å². The summed E-state index contributed by atoms with van der Waals surface area (Å²) in [6, 6.07) is 3.42. The van der Waals surface area contributed by atoms with Gasteiger partial charge >= 0.3 is 0 Å². The zero-order chi connectivity index (χ0) is 12.6. The number of nitrogens with zero attached hydrogens (tertiary/aromatic N) is 1. The van der Waals surface area contributed by atoms with Crippen LogP contribution in [0.2, 0.25) is 0 Å². The summed E-state index contributed by atoms with van der Waals surface area (Å²) in [5, 5.41) is 0. The lowest BCUT2D eigenvalue weighted by atomic mass is 10.3. The van der Waals surface area contributed by atoms with E-state index in [1.807, 2.05) is 0 Å². The molecule has 0 amide bonds. The van der Waals surface area contributed by atoms with Crippen LogP contribution in [0.4, 0.5) is 4.39 Å². The highest BCUT2D eigenvalue weighted by molar-refractivity contribution is 9.10. The molecule has 1 fully saturated rings. The number of benzene rings is 1. The second-order valence-corrected chi connectivity index (χ2v) is 6.75. The number of nitrogens with two attached hydrogens (primary N) is 1. The Hall–Kier alpha value is -0.210. The molecule has 0 spiro atoms. The average Bonchev–Trinajstić information content (AvgIpc) is 2.64. The van der Waals surface area contributed by atoms with Crippen LogP contribution < -0.4 is 5.73 Å². The lowest BCUT2D eigenvalue weighted by Crippen LogP contribution is -2.32. The number of sulfonamides is 1. The van der Waals surface area contributed by atoms with Crippen LogP contribution in [-0.4, -0.2) is 31.9 Å². The zero-order valence-corrected chi connectivity index (χ0v) is 12.6. The van der Waals surface area contributed by atoms with Crippen molar-refractivity contribution in [2.24, 2.45) is 5.73 Å². The molecule has 0 unspecified atom stereocenters. The summed E-state index contributed by atoms with van der Waals surface area (Å²) < 4.78 is 38.9. The molecule has 0 aliphatic carbocycles. The fraction of sp³-hybridized carbons (Fsp3) is 0.400. The highest BCUT2D eigenvalue weighted by Gasteiger charge is 2.32. The molecule has 0 radical (unpaired) electrons. The van der Waals surface area contributed by atoms with E-state index in [9.17, 15) is 12.8 Å². The normalized spacial score (nSPS) is 20.7. The van der Waals surface area contributed by atoms with Gasteiger partial charge in [0.1, 0.15) is 5.82 Å². The smallest absolute Gasteiger partial charge is 0.244 e. The van der Waals surface area contributed by atoms with Crippen LogP contribution in [0.1, 0.15) is 6.42 Å². The molecule has 2 N–H and O–H groups in total. The number of hydrogen-bond acceptors (Lipinski definition) is 3. The van der Waals surface area contributed by atoms with Gasteiger partial charge in [-0.1, -0.05) is 0 Å². The molecule has 0 bridgehead atoms. The summed E-state index contributed by atoms with van der Waals surface area (Å²) in [5.41, 5.74) is 5.68. The Morgan fingerprint density at radius 2 is 2.11 bits per heavy atom. The molecule has 1 aliphatic rings. The van der Waals surface area contributed by atoms with Crippen LogP contribution >= 0.6 is 28.3 Å². The van der Waals surface area contributed by atoms with Gasteiger partial charge in [0, 0.05) is 23.6 Å². The zero-order valence-electron chi connectivity index (χ0n) is 9.34. The fourth-order valence-corrected chi connectivity index (χ4v) is 4.32. The lowest BCUT2D eigenvalue weighted by Gasteiger charge is -2.16. The molecule has 1 aromatic rings. The maximum Gasteiger partial charge on any atom is 0.244 e. The van der Waals surface area contributed by atoms with E-state index < -0.39 is 15.8 Å². The van der Waals surface area contributed by atoms with Gasteiger partial charge in [-0.05, 0) is 40.5 Å². The molecule has 1 aliphatic heterocycles. The number of rotatable bonds is 2. The van der Waals surface area contributed by atoms with Crippen molar-refractivity contribution in [1.29, 1.82) is 0 Å². The lowest BCUT2D eigenvalue weighted by molar-refractivity contribution is 0.472. The Kier molecular flexibility index (Phi) is 5.13. The van der Waals surface area contributed by atoms with Gasteiger partial charge in [0.05, 0.1) is 4.90 Å². The summed E-state index contributed by atoms with van der Waals surface area (Å²) in [4.78, 5) is 0.0769. The van der Waals surface area contributed by atoms with Crippen molar-refractivity contribution in [3.8, 4) is 0 Å². The van der Waals surface area contributed by atoms with Gasteiger partial charge in [0.2, 0.25) is 10.0 Å². The highest BCUT2D eigenvalue weighted by atomic mass is 79.9. The largest absolute Gasteiger partial charge is 0.326 e. The standard InChI is InChI=1S/C10H12BrFN2O2S.ClH/c11-9-5-7(12)1-2-10(9)17(15,16)14-4-3-8(13)6-14;/h1-2,5,8H,3-4,6,13H2;1H/t8-;/m1./s1. The van der Waals surface area contributed by atoms with Crippen LogP contribution in [-0.2, 0) is 10.0 Å². The molecule has 102 valence electrons. The summed E-state index contributed by atoms with van der Waals surface area (Å²) in [7, 11) is -3.58. The molecule has 4 nitrogen and oxygen atoms in total. The second kappa shape index (κ2) is 5.83. The minimum Gasteiger partial charge on any atom is -0.326 e. The first-order valence-electron chi connectivity index (χ1n) is 5.12. The summed E-state index contributed by atoms with van der Waals surface area (Å²) >= 11 is 3.07. The molecular formula is C10H13BrClFN2O2S. The molecule has 0 aromatic heterocycles. The Bertz CT molecular complexity index is 541. The summed E-state index contributed by atoms with van der Waals surface area (Å²) in [6.07, 6.45) is 0.651. The Labute approximate surface area is 120 Å². The first kappa shape index (κ1) is 15.8. The summed E-state index contributed by atoms with van der Waals surface area (Å²) in [5.74, 6) is -0.478. The molecule has 2 rings (SSSR count). The molecule has 8 heteroatoms. The molecular weight excluding hydrogens is 347 g/mol. The van der Waals surface area contributed by atoms with E-state index in [1.165, 1.54) is 10.4 Å². The van der Waals surface area contributed by atoms with Crippen molar-refractivity contribution < 1.29 is 12.8 Å². The minimum absolute atomic E-state index is 0. The van der Waals surface area contributed by atoms with Crippen molar-refractivity contribution in [3.63, 3.8) is 0 Å². The first-order chi connectivity index (χ1) is 7.91. The molecule has 18 heavy (non-hydrogen) atoms. The summed E-state index contributed by atoms with van der Waals surface area (Å²) in [6.45, 7) is 0.722. The average molecular weight is 360 g/mol. The Morgan fingerprint density at radius 1 is 1.44 bits per heavy atom. The predicted molar refractivity (Wildman–Crippen MR) is 72.7 cm³/mol. The van der Waals surface area contributed by atoms with Gasteiger partial charge in [-0.2, -0.15) is 4.31 Å². The van der Waals surface area contributed by atoms with Gasteiger partial charge in [-0.3, -0.25) is 0 Å². The van der Waals surface area contributed by atoms with Crippen LogP contribution in [0, 0.1) is 5.82 Å². The van der Waals surface area contributed by atoms with E-state index in [0.717, 1.165) is 12.1 Å². The van der Waals surface area contributed by atoms with E-state index >= 15 is 0 Å². The van der Waals surface area contributed by atoms with Crippen molar-refractivity contribution in [1.82, 2.24) is 4.31 Å². The highest BCUT2D eigenvalue weighted by Crippen LogP contribution is 2.27. The Balaban J connectivity index is 0.00000162. The van der Waals surface area contributed by atoms with Crippen molar-refractivity contribution in [2.75, 3.05) is 13.1 Å². The van der Waals surface area contributed by atoms with Gasteiger partial charge in [-0.25, -0.2) is 12.8 Å². The van der Waals surface area contributed by atoms with Crippen molar-refractivity contribution in [2.45, 2.75) is 17.4 Å². The fourth-order valence-electron chi connectivity index (χ4n) is 1.80. The minimum atomic E-state index is -3.58. The van der Waals surface area contributed by atoms with E-state index in [1.54, 1.807) is 0 Å². The van der Waals surface area contributed by atoms with E-state index in [-0.39, 0.29) is 27.8 Å². The van der Waals surface area contributed by atoms with Crippen molar-refractivity contribution in [3.05, 3.63) is 28.5 Å². The Morgan fingerprint density at radius 3 is 2.61 bits per heavy atom. The third-order valence-electron chi connectivity index (χ3n) is 2.70. The predicted octanol–water partition coefficient (Wildman–Crippen LogP) is 1.73. The van der Waals surface area contributed by atoms with E-state index in [0.29, 0.717) is 19.5 Å². The third kappa shape index (κ3) is 3.03. The topological polar surface area (TPSA) is 63.4 Å². The van der Waals surface area contributed by atoms with Crippen LogP contribution in [0.3, 0.4) is 0 Å². The second-order valence-electron chi connectivity index (χ2n) is 3.99. The third-order valence-corrected chi connectivity index (χ3v) is 5.54. The first-order valence-corrected chi connectivity index (χ1v) is 7.35. The van der Waals surface area contributed by atoms with Gasteiger partial charge in [-0.15, -0.1) is 12.4 Å². The van der Waals surface area contributed by atoms with Gasteiger partial charge in [0.25, 0.3) is 0 Å². The monoisotopic (exact) mass is 358 g/mol. The number of hydrogen-bond donors (Lipinski definition) is 1. The number of halogens is 3.